The molecule has 2 amide bonds. The van der Waals surface area contributed by atoms with Gasteiger partial charge < -0.3 is 16.4 Å². The van der Waals surface area contributed by atoms with E-state index < -0.39 is 16.1 Å². The highest BCUT2D eigenvalue weighted by Gasteiger charge is 2.17. The van der Waals surface area contributed by atoms with Crippen molar-refractivity contribution in [1.82, 2.24) is 10.6 Å². The predicted molar refractivity (Wildman–Crippen MR) is 85.5 cm³/mol. The second kappa shape index (κ2) is 8.04. The normalized spacial score (nSPS) is 12.7. The van der Waals surface area contributed by atoms with Gasteiger partial charge in [-0.2, -0.15) is 0 Å². The Morgan fingerprint density at radius 3 is 2.17 bits per heavy atom. The van der Waals surface area contributed by atoms with E-state index in [9.17, 15) is 18.0 Å². The van der Waals surface area contributed by atoms with E-state index in [0.29, 0.717) is 5.56 Å². The monoisotopic (exact) mass is 342 g/mol. The van der Waals surface area contributed by atoms with Gasteiger partial charge in [0.05, 0.1) is 17.5 Å². The molecule has 23 heavy (non-hydrogen) atoms. The zero-order valence-electron chi connectivity index (χ0n) is 13.1. The van der Waals surface area contributed by atoms with Gasteiger partial charge in [-0.1, -0.05) is 26.0 Å². The summed E-state index contributed by atoms with van der Waals surface area (Å²) in [6.07, 6.45) is 0. The lowest BCUT2D eigenvalue weighted by Crippen LogP contribution is -2.47. The van der Waals surface area contributed by atoms with Crippen molar-refractivity contribution in [1.29, 1.82) is 0 Å². The molecule has 9 heteroatoms. The molecule has 1 aromatic rings. The molecule has 0 unspecified atom stereocenters. The lowest BCUT2D eigenvalue weighted by atomic mass is 10.1. The second-order valence-corrected chi connectivity index (χ2v) is 7.01. The molecule has 0 saturated carbocycles. The van der Waals surface area contributed by atoms with Gasteiger partial charge in [0, 0.05) is 6.54 Å². The van der Waals surface area contributed by atoms with Crippen LogP contribution in [-0.2, 0) is 26.2 Å². The van der Waals surface area contributed by atoms with Crippen LogP contribution in [0, 0.1) is 5.92 Å². The third kappa shape index (κ3) is 6.35. The largest absolute Gasteiger partial charge is 0.350 e. The molecule has 6 N–H and O–H groups in total. The lowest BCUT2D eigenvalue weighted by Gasteiger charge is -2.15. The van der Waals surface area contributed by atoms with E-state index in [4.69, 9.17) is 10.9 Å². The van der Waals surface area contributed by atoms with Gasteiger partial charge in [0.2, 0.25) is 21.8 Å². The summed E-state index contributed by atoms with van der Waals surface area (Å²) in [4.78, 5) is 23.3. The van der Waals surface area contributed by atoms with Crippen LogP contribution in [0.1, 0.15) is 19.4 Å². The van der Waals surface area contributed by atoms with E-state index in [1.165, 1.54) is 12.1 Å². The average molecular weight is 342 g/mol. The lowest BCUT2D eigenvalue weighted by molar-refractivity contribution is -0.127. The van der Waals surface area contributed by atoms with Crippen LogP contribution in [0.4, 0.5) is 0 Å². The van der Waals surface area contributed by atoms with Crippen molar-refractivity contribution in [3.8, 4) is 0 Å². The Balaban J connectivity index is 2.43. The number of nitrogens with two attached hydrogens (primary N) is 2. The van der Waals surface area contributed by atoms with Crippen molar-refractivity contribution in [2.24, 2.45) is 16.8 Å². The summed E-state index contributed by atoms with van der Waals surface area (Å²) in [6.45, 7) is 3.66. The van der Waals surface area contributed by atoms with Crippen LogP contribution in [0.5, 0.6) is 0 Å². The molecule has 0 aromatic heterocycles. The van der Waals surface area contributed by atoms with Crippen LogP contribution in [0.3, 0.4) is 0 Å². The van der Waals surface area contributed by atoms with Crippen molar-refractivity contribution >= 4 is 21.8 Å². The maximum atomic E-state index is 11.7. The predicted octanol–water partition coefficient (Wildman–Crippen LogP) is -0.950. The van der Waals surface area contributed by atoms with Crippen LogP contribution >= 0.6 is 0 Å². The molecule has 0 fully saturated rings. The molecular formula is C14H22N4O4S. The maximum absolute atomic E-state index is 11.7. The third-order valence-electron chi connectivity index (χ3n) is 3.19. The van der Waals surface area contributed by atoms with E-state index in [1.807, 2.05) is 13.8 Å². The number of amides is 2. The van der Waals surface area contributed by atoms with Crippen LogP contribution in [-0.4, -0.2) is 32.8 Å². The topological polar surface area (TPSA) is 144 Å². The molecule has 1 atom stereocenters. The summed E-state index contributed by atoms with van der Waals surface area (Å²) in [5.41, 5.74) is 6.36. The Morgan fingerprint density at radius 2 is 1.70 bits per heavy atom. The number of hydrogen-bond acceptors (Lipinski definition) is 5. The number of carbonyl (C=O) groups is 2. The first-order valence-electron chi connectivity index (χ1n) is 7.03. The molecule has 1 aromatic carbocycles. The molecule has 0 aliphatic rings. The van der Waals surface area contributed by atoms with E-state index in [-0.39, 0.29) is 35.7 Å². The maximum Gasteiger partial charge on any atom is 0.239 e. The molecule has 0 heterocycles. The Kier molecular flexibility index (Phi) is 6.67. The molecule has 0 aliphatic heterocycles. The SMILES string of the molecule is CC(C)[C@H](N)C(=O)NCC(=O)NCc1ccc(S(N)(=O)=O)cc1. The van der Waals surface area contributed by atoms with Crippen molar-refractivity contribution in [3.05, 3.63) is 29.8 Å². The van der Waals surface area contributed by atoms with Crippen LogP contribution < -0.4 is 21.5 Å². The fourth-order valence-electron chi connectivity index (χ4n) is 1.65. The van der Waals surface area contributed by atoms with E-state index in [0.717, 1.165) is 0 Å². The van der Waals surface area contributed by atoms with Crippen LogP contribution in [0.15, 0.2) is 29.2 Å². The fourth-order valence-corrected chi connectivity index (χ4v) is 2.16. The molecule has 1 rings (SSSR count). The molecule has 8 nitrogen and oxygen atoms in total. The highest BCUT2D eigenvalue weighted by molar-refractivity contribution is 7.89. The molecule has 0 radical (unpaired) electrons. The van der Waals surface area contributed by atoms with E-state index in [2.05, 4.69) is 10.6 Å². The summed E-state index contributed by atoms with van der Waals surface area (Å²) >= 11 is 0. The molecule has 0 bridgehead atoms. The summed E-state index contributed by atoms with van der Waals surface area (Å²) in [7, 11) is -3.73. The van der Waals surface area contributed by atoms with Gasteiger partial charge in [0.25, 0.3) is 0 Å². The smallest absolute Gasteiger partial charge is 0.239 e. The van der Waals surface area contributed by atoms with Gasteiger partial charge >= 0.3 is 0 Å². The number of primary sulfonamides is 1. The number of nitrogens with one attached hydrogen (secondary N) is 2. The van der Waals surface area contributed by atoms with Crippen LogP contribution in [0.25, 0.3) is 0 Å². The van der Waals surface area contributed by atoms with Gasteiger partial charge in [-0.25, -0.2) is 13.6 Å². The Labute approximate surface area is 135 Å². The molecule has 0 spiro atoms. The van der Waals surface area contributed by atoms with Gasteiger partial charge in [0.1, 0.15) is 0 Å². The minimum absolute atomic E-state index is 0.00233. The second-order valence-electron chi connectivity index (χ2n) is 5.45. The molecule has 128 valence electrons. The molecule has 0 saturated heterocycles. The summed E-state index contributed by atoms with van der Waals surface area (Å²) in [5.74, 6) is -0.770. The minimum atomic E-state index is -3.73. The van der Waals surface area contributed by atoms with Gasteiger partial charge in [-0.15, -0.1) is 0 Å². The van der Waals surface area contributed by atoms with Gasteiger partial charge in [-0.3, -0.25) is 9.59 Å². The summed E-state index contributed by atoms with van der Waals surface area (Å²) in [6, 6.07) is 5.16. The summed E-state index contributed by atoms with van der Waals surface area (Å²) in [5, 5.41) is 10.1. The van der Waals surface area contributed by atoms with E-state index >= 15 is 0 Å². The first-order chi connectivity index (χ1) is 10.6. The van der Waals surface area contributed by atoms with Crippen molar-refractivity contribution in [3.63, 3.8) is 0 Å². The van der Waals surface area contributed by atoms with Gasteiger partial charge in [0.15, 0.2) is 0 Å². The molecule has 0 aliphatic carbocycles. The first kappa shape index (κ1) is 19.1. The summed E-state index contributed by atoms with van der Waals surface area (Å²) < 4.78 is 22.2. The quantitative estimate of drug-likeness (QED) is 0.505. The van der Waals surface area contributed by atoms with Crippen molar-refractivity contribution in [2.75, 3.05) is 6.54 Å². The van der Waals surface area contributed by atoms with Crippen molar-refractivity contribution in [2.45, 2.75) is 31.3 Å². The Hall–Kier alpha value is -1.97. The minimum Gasteiger partial charge on any atom is -0.350 e. The Morgan fingerprint density at radius 1 is 1.13 bits per heavy atom. The average Bonchev–Trinajstić information content (AvgIpc) is 2.49. The molecular weight excluding hydrogens is 320 g/mol. The highest BCUT2D eigenvalue weighted by atomic mass is 32.2. The zero-order valence-corrected chi connectivity index (χ0v) is 13.9. The van der Waals surface area contributed by atoms with Crippen molar-refractivity contribution < 1.29 is 18.0 Å². The number of carbonyl (C=O) groups excluding carboxylic acids is 2. The standard InChI is InChI=1S/C14H22N4O4S/c1-9(2)13(15)14(20)18-8-12(19)17-7-10-3-5-11(6-4-10)23(16,21)22/h3-6,9,13H,7-8,15H2,1-2H3,(H,17,19)(H,18,20)(H2,16,21,22)/t13-/m0/s1. The van der Waals surface area contributed by atoms with E-state index in [1.54, 1.807) is 12.1 Å². The number of benzene rings is 1. The Bertz CT molecular complexity index is 656. The van der Waals surface area contributed by atoms with Gasteiger partial charge in [-0.05, 0) is 23.6 Å². The number of sulfonamides is 1. The third-order valence-corrected chi connectivity index (χ3v) is 4.11. The number of hydrogen-bond donors (Lipinski definition) is 4. The number of rotatable bonds is 7. The highest BCUT2D eigenvalue weighted by Crippen LogP contribution is 2.08. The zero-order chi connectivity index (χ0) is 17.6. The van der Waals surface area contributed by atoms with Crippen LogP contribution in [0.2, 0.25) is 0 Å². The fraction of sp³-hybridized carbons (Fsp3) is 0.429. The first-order valence-corrected chi connectivity index (χ1v) is 8.57.